The Labute approximate surface area is 219 Å². The smallest absolute Gasteiger partial charge is 0.274 e. The predicted molar refractivity (Wildman–Crippen MR) is 140 cm³/mol. The van der Waals surface area contributed by atoms with Crippen molar-refractivity contribution >= 4 is 29.1 Å². The number of carbonyl (C=O) groups excluding carboxylic acids is 1. The van der Waals surface area contributed by atoms with Crippen LogP contribution in [0.25, 0.3) is 17.1 Å². The Kier molecular flexibility index (Phi) is 6.55. The van der Waals surface area contributed by atoms with Crippen molar-refractivity contribution < 1.29 is 9.90 Å². The zero-order valence-electron chi connectivity index (χ0n) is 19.9. The molecule has 1 N–H and O–H groups in total. The van der Waals surface area contributed by atoms with E-state index >= 15 is 0 Å². The normalized spacial score (nSPS) is 15.2. The maximum Gasteiger partial charge on any atom is 0.274 e. The number of nitrogens with zero attached hydrogens (tertiary/aromatic N) is 5. The molecule has 9 heteroatoms. The molecule has 3 heterocycles. The van der Waals surface area contributed by atoms with Gasteiger partial charge in [0.25, 0.3) is 5.91 Å². The molecule has 0 spiro atoms. The zero-order valence-corrected chi connectivity index (χ0v) is 21.5. The average Bonchev–Trinajstić information content (AvgIpc) is 3.29. The minimum absolute atomic E-state index is 0.209. The van der Waals surface area contributed by atoms with Gasteiger partial charge in [0.15, 0.2) is 5.82 Å². The van der Waals surface area contributed by atoms with Crippen LogP contribution in [0.2, 0.25) is 10.0 Å². The predicted octanol–water partition coefficient (Wildman–Crippen LogP) is 5.38. The number of aliphatic hydroxyl groups is 1. The molecule has 1 saturated heterocycles. The maximum atomic E-state index is 13.5. The van der Waals surface area contributed by atoms with Crippen molar-refractivity contribution in [2.24, 2.45) is 0 Å². The lowest BCUT2D eigenvalue weighted by molar-refractivity contribution is -0.0283. The van der Waals surface area contributed by atoms with Crippen LogP contribution in [0.5, 0.6) is 0 Å². The van der Waals surface area contributed by atoms with Crippen LogP contribution >= 0.6 is 23.2 Å². The molecule has 1 aliphatic heterocycles. The summed E-state index contributed by atoms with van der Waals surface area (Å²) >= 11 is 12.6. The van der Waals surface area contributed by atoms with Gasteiger partial charge >= 0.3 is 0 Å². The van der Waals surface area contributed by atoms with E-state index in [2.05, 4.69) is 9.97 Å². The van der Waals surface area contributed by atoms with E-state index in [0.29, 0.717) is 58.9 Å². The Morgan fingerprint density at radius 2 is 1.58 bits per heavy atom. The second-order valence-electron chi connectivity index (χ2n) is 9.07. The highest BCUT2D eigenvalue weighted by Crippen LogP contribution is 2.33. The summed E-state index contributed by atoms with van der Waals surface area (Å²) in [5.41, 5.74) is 2.27. The van der Waals surface area contributed by atoms with E-state index in [0.717, 1.165) is 17.1 Å². The molecule has 1 aliphatic rings. The third-order valence-electron chi connectivity index (χ3n) is 6.42. The molecule has 184 valence electrons. The van der Waals surface area contributed by atoms with Crippen LogP contribution in [-0.2, 0) is 5.60 Å². The molecule has 5 rings (SSSR count). The Hall–Kier alpha value is -3.26. The summed E-state index contributed by atoms with van der Waals surface area (Å²) in [4.78, 5) is 28.8. The van der Waals surface area contributed by atoms with Gasteiger partial charge in [-0.1, -0.05) is 35.3 Å². The lowest BCUT2D eigenvalue weighted by atomic mass is 9.90. The highest BCUT2D eigenvalue weighted by Gasteiger charge is 2.39. The quantitative estimate of drug-likeness (QED) is 0.389. The SMILES string of the molecule is Cc1cc(C)nc(C2(O)CCN(C(=O)c3cn(-c4ccc(Cl)cc4)c(-c4ccccc4Cl)n3)CC2)n1. The summed E-state index contributed by atoms with van der Waals surface area (Å²) in [7, 11) is 0. The number of likely N-dealkylation sites (tertiary alicyclic amines) is 1. The fraction of sp³-hybridized carbons (Fsp3) is 0.259. The molecular weight excluding hydrogens is 497 g/mol. The lowest BCUT2D eigenvalue weighted by Crippen LogP contribution is -2.46. The number of halogens is 2. The second kappa shape index (κ2) is 9.65. The first-order valence-electron chi connectivity index (χ1n) is 11.7. The van der Waals surface area contributed by atoms with Gasteiger partial charge in [-0.05, 0) is 56.3 Å². The molecule has 0 saturated carbocycles. The first kappa shape index (κ1) is 24.4. The van der Waals surface area contributed by atoms with E-state index < -0.39 is 5.60 Å². The van der Waals surface area contributed by atoms with Crippen LogP contribution in [0.4, 0.5) is 0 Å². The molecular formula is C27H25Cl2N5O2. The summed E-state index contributed by atoms with van der Waals surface area (Å²) in [6.45, 7) is 4.49. The fourth-order valence-electron chi connectivity index (χ4n) is 4.51. The fourth-order valence-corrected chi connectivity index (χ4v) is 4.86. The van der Waals surface area contributed by atoms with E-state index in [4.69, 9.17) is 28.2 Å². The van der Waals surface area contributed by atoms with Crippen molar-refractivity contribution in [2.75, 3.05) is 13.1 Å². The molecule has 4 aromatic rings. The molecule has 0 atom stereocenters. The third-order valence-corrected chi connectivity index (χ3v) is 7.00. The Balaban J connectivity index is 1.44. The first-order valence-corrected chi connectivity index (χ1v) is 12.4. The van der Waals surface area contributed by atoms with Crippen molar-refractivity contribution in [1.82, 2.24) is 24.4 Å². The molecule has 1 fully saturated rings. The van der Waals surface area contributed by atoms with Gasteiger partial charge in [0.1, 0.15) is 17.1 Å². The number of carbonyl (C=O) groups is 1. The van der Waals surface area contributed by atoms with Crippen molar-refractivity contribution in [3.8, 4) is 17.1 Å². The number of imidazole rings is 1. The van der Waals surface area contributed by atoms with Gasteiger partial charge in [0.2, 0.25) is 0 Å². The summed E-state index contributed by atoms with van der Waals surface area (Å²) in [6, 6.07) is 16.6. The van der Waals surface area contributed by atoms with E-state index in [1.165, 1.54) is 0 Å². The molecule has 1 amide bonds. The molecule has 2 aromatic heterocycles. The number of rotatable bonds is 4. The highest BCUT2D eigenvalue weighted by atomic mass is 35.5. The Morgan fingerprint density at radius 1 is 0.944 bits per heavy atom. The number of hydrogen-bond acceptors (Lipinski definition) is 5. The number of benzene rings is 2. The highest BCUT2D eigenvalue weighted by molar-refractivity contribution is 6.33. The van der Waals surface area contributed by atoms with E-state index in [-0.39, 0.29) is 5.91 Å². The van der Waals surface area contributed by atoms with Gasteiger partial charge in [0, 0.05) is 59.8 Å². The number of piperidine rings is 1. The van der Waals surface area contributed by atoms with Gasteiger partial charge in [-0.3, -0.25) is 9.36 Å². The van der Waals surface area contributed by atoms with Crippen molar-refractivity contribution in [3.63, 3.8) is 0 Å². The standard InChI is InChI=1S/C27H25Cl2N5O2/c1-17-15-18(2)31-26(30-17)27(36)11-13-33(14-12-27)25(35)23-16-34(20-9-7-19(28)8-10-20)24(32-23)21-5-3-4-6-22(21)29/h3-10,15-16,36H,11-14H2,1-2H3. The van der Waals surface area contributed by atoms with Crippen LogP contribution in [0, 0.1) is 13.8 Å². The van der Waals surface area contributed by atoms with Crippen molar-refractivity contribution in [3.05, 3.63) is 93.7 Å². The van der Waals surface area contributed by atoms with Gasteiger partial charge in [-0.2, -0.15) is 0 Å². The summed E-state index contributed by atoms with van der Waals surface area (Å²) in [5.74, 6) is 0.767. The number of aryl methyl sites for hydroxylation is 2. The number of aromatic nitrogens is 4. The van der Waals surface area contributed by atoms with Gasteiger partial charge in [0.05, 0.1) is 5.02 Å². The monoisotopic (exact) mass is 521 g/mol. The van der Waals surface area contributed by atoms with Gasteiger partial charge in [-0.25, -0.2) is 15.0 Å². The first-order chi connectivity index (χ1) is 17.2. The maximum absolute atomic E-state index is 13.5. The molecule has 0 radical (unpaired) electrons. The van der Waals surface area contributed by atoms with Crippen LogP contribution in [0.1, 0.15) is 40.5 Å². The van der Waals surface area contributed by atoms with Gasteiger partial charge in [-0.15, -0.1) is 0 Å². The van der Waals surface area contributed by atoms with E-state index in [1.54, 1.807) is 29.3 Å². The van der Waals surface area contributed by atoms with Crippen LogP contribution in [0.15, 0.2) is 60.8 Å². The Bertz CT molecular complexity index is 1410. The molecule has 2 aromatic carbocycles. The van der Waals surface area contributed by atoms with Crippen molar-refractivity contribution in [2.45, 2.75) is 32.3 Å². The topological polar surface area (TPSA) is 84.1 Å². The molecule has 0 aliphatic carbocycles. The Morgan fingerprint density at radius 3 is 2.22 bits per heavy atom. The summed E-state index contributed by atoms with van der Waals surface area (Å²) < 4.78 is 1.84. The molecule has 0 bridgehead atoms. The number of hydrogen-bond donors (Lipinski definition) is 1. The van der Waals surface area contributed by atoms with E-state index in [1.807, 2.05) is 54.8 Å². The van der Waals surface area contributed by atoms with Crippen LogP contribution in [-0.4, -0.2) is 48.5 Å². The summed E-state index contributed by atoms with van der Waals surface area (Å²) in [6.07, 6.45) is 2.41. The minimum Gasteiger partial charge on any atom is -0.382 e. The molecule has 0 unspecified atom stereocenters. The van der Waals surface area contributed by atoms with Crippen LogP contribution in [0.3, 0.4) is 0 Å². The minimum atomic E-state index is -1.17. The van der Waals surface area contributed by atoms with Crippen LogP contribution < -0.4 is 0 Å². The van der Waals surface area contributed by atoms with Crippen molar-refractivity contribution in [1.29, 1.82) is 0 Å². The largest absolute Gasteiger partial charge is 0.382 e. The second-order valence-corrected chi connectivity index (χ2v) is 9.92. The summed E-state index contributed by atoms with van der Waals surface area (Å²) in [5, 5.41) is 12.4. The number of amides is 1. The van der Waals surface area contributed by atoms with E-state index in [9.17, 15) is 9.90 Å². The third kappa shape index (κ3) is 4.74. The zero-order chi connectivity index (χ0) is 25.4. The molecule has 36 heavy (non-hydrogen) atoms. The lowest BCUT2D eigenvalue weighted by Gasteiger charge is -2.37. The average molecular weight is 522 g/mol. The van der Waals surface area contributed by atoms with Gasteiger partial charge < -0.3 is 10.0 Å². The molecule has 7 nitrogen and oxygen atoms in total.